The van der Waals surface area contributed by atoms with Gasteiger partial charge in [0.05, 0.1) is 16.5 Å². The van der Waals surface area contributed by atoms with Gasteiger partial charge in [-0.15, -0.1) is 11.8 Å². The Morgan fingerprint density at radius 2 is 2.00 bits per heavy atom. The van der Waals surface area contributed by atoms with Crippen LogP contribution in [0.15, 0.2) is 21.5 Å². The number of rotatable bonds is 3. The van der Waals surface area contributed by atoms with Gasteiger partial charge in [-0.25, -0.2) is 0 Å². The molecule has 0 heterocycles. The van der Waals surface area contributed by atoms with Crippen molar-refractivity contribution >= 4 is 27.7 Å². The molecule has 4 heteroatoms. The van der Waals surface area contributed by atoms with E-state index >= 15 is 0 Å². The van der Waals surface area contributed by atoms with Crippen LogP contribution in [0.25, 0.3) is 0 Å². The van der Waals surface area contributed by atoms with Crippen LogP contribution >= 0.6 is 27.7 Å². The Balaban J connectivity index is 3.32. The van der Waals surface area contributed by atoms with Crippen LogP contribution in [0.4, 0.5) is 0 Å². The largest absolute Gasteiger partial charge is 0.494 e. The summed E-state index contributed by atoms with van der Waals surface area (Å²) < 4.78 is 6.28. The molecule has 0 spiro atoms. The monoisotopic (exact) mass is 289 g/mol. The lowest BCUT2D eigenvalue weighted by molar-refractivity contribution is 0.401. The molecule has 0 aliphatic carbocycles. The lowest BCUT2D eigenvalue weighted by Crippen LogP contribution is -2.28. The minimum Gasteiger partial charge on any atom is -0.494 e. The van der Waals surface area contributed by atoms with Crippen LogP contribution in [0.2, 0.25) is 0 Å². The molecule has 2 N–H and O–H groups in total. The molecule has 0 bridgehead atoms. The van der Waals surface area contributed by atoms with Crippen LogP contribution in [-0.2, 0) is 5.54 Å². The molecule has 0 amide bonds. The molecule has 84 valence electrons. The Hall–Kier alpha value is -0.190. The van der Waals surface area contributed by atoms with Crippen molar-refractivity contribution in [1.82, 2.24) is 0 Å². The van der Waals surface area contributed by atoms with Crippen LogP contribution in [-0.4, -0.2) is 13.4 Å². The number of ether oxygens (including phenoxy) is 1. The minimum absolute atomic E-state index is 0.334. The maximum atomic E-state index is 6.07. The van der Waals surface area contributed by atoms with Crippen molar-refractivity contribution in [1.29, 1.82) is 0 Å². The van der Waals surface area contributed by atoms with E-state index in [0.29, 0.717) is 0 Å². The highest BCUT2D eigenvalue weighted by molar-refractivity contribution is 9.10. The van der Waals surface area contributed by atoms with Crippen molar-refractivity contribution in [2.45, 2.75) is 24.3 Å². The molecule has 0 saturated carbocycles. The SMILES string of the molecule is COc1c(Br)cc(C(C)(C)N)cc1SC. The van der Waals surface area contributed by atoms with Crippen molar-refractivity contribution in [3.8, 4) is 5.75 Å². The van der Waals surface area contributed by atoms with Gasteiger partial charge in [0.25, 0.3) is 0 Å². The van der Waals surface area contributed by atoms with Crippen LogP contribution in [0, 0.1) is 0 Å². The number of hydrogen-bond acceptors (Lipinski definition) is 3. The molecular weight excluding hydrogens is 274 g/mol. The summed E-state index contributed by atoms with van der Waals surface area (Å²) in [6, 6.07) is 4.09. The van der Waals surface area contributed by atoms with E-state index in [1.165, 1.54) is 0 Å². The van der Waals surface area contributed by atoms with E-state index in [9.17, 15) is 0 Å². The number of halogens is 1. The normalized spacial score (nSPS) is 11.6. The molecule has 0 aliphatic heterocycles. The van der Waals surface area contributed by atoms with Gasteiger partial charge in [0.1, 0.15) is 5.75 Å². The highest BCUT2D eigenvalue weighted by Gasteiger charge is 2.18. The predicted molar refractivity (Wildman–Crippen MR) is 69.7 cm³/mol. The minimum atomic E-state index is -0.334. The molecule has 0 atom stereocenters. The fourth-order valence-electron chi connectivity index (χ4n) is 1.29. The van der Waals surface area contributed by atoms with E-state index in [0.717, 1.165) is 20.7 Å². The Labute approximate surface area is 104 Å². The van der Waals surface area contributed by atoms with Gasteiger partial charge >= 0.3 is 0 Å². The van der Waals surface area contributed by atoms with Gasteiger partial charge in [0.2, 0.25) is 0 Å². The predicted octanol–water partition coefficient (Wildman–Crippen LogP) is 3.37. The summed E-state index contributed by atoms with van der Waals surface area (Å²) in [5.74, 6) is 0.871. The maximum Gasteiger partial charge on any atom is 0.146 e. The summed E-state index contributed by atoms with van der Waals surface area (Å²) >= 11 is 5.15. The van der Waals surface area contributed by atoms with Crippen molar-refractivity contribution in [2.24, 2.45) is 5.73 Å². The first-order valence-electron chi connectivity index (χ1n) is 4.61. The molecule has 0 radical (unpaired) electrons. The van der Waals surface area contributed by atoms with E-state index < -0.39 is 0 Å². The second-order valence-corrected chi connectivity index (χ2v) is 5.62. The molecule has 0 saturated heterocycles. The number of thioether (sulfide) groups is 1. The van der Waals surface area contributed by atoms with E-state index in [4.69, 9.17) is 10.5 Å². The van der Waals surface area contributed by atoms with Crippen LogP contribution in [0.5, 0.6) is 5.75 Å². The van der Waals surface area contributed by atoms with E-state index in [2.05, 4.69) is 22.0 Å². The number of methoxy groups -OCH3 is 1. The van der Waals surface area contributed by atoms with Gasteiger partial charge in [-0.3, -0.25) is 0 Å². The zero-order valence-corrected chi connectivity index (χ0v) is 11.8. The molecular formula is C11H16BrNOS. The van der Waals surface area contributed by atoms with E-state index in [-0.39, 0.29) is 5.54 Å². The topological polar surface area (TPSA) is 35.2 Å². The van der Waals surface area contributed by atoms with Gasteiger partial charge in [0.15, 0.2) is 0 Å². The van der Waals surface area contributed by atoms with Crippen molar-refractivity contribution in [3.63, 3.8) is 0 Å². The lowest BCUT2D eigenvalue weighted by Gasteiger charge is -2.21. The van der Waals surface area contributed by atoms with Gasteiger partial charge in [-0.05, 0) is 53.7 Å². The fraction of sp³-hybridized carbons (Fsp3) is 0.455. The summed E-state index contributed by atoms with van der Waals surface area (Å²) in [7, 11) is 1.67. The zero-order valence-electron chi connectivity index (χ0n) is 9.43. The Bertz CT molecular complexity index is 360. The second-order valence-electron chi connectivity index (χ2n) is 3.92. The zero-order chi connectivity index (χ0) is 11.6. The van der Waals surface area contributed by atoms with Gasteiger partial charge < -0.3 is 10.5 Å². The fourth-order valence-corrected chi connectivity index (χ4v) is 2.67. The van der Waals surface area contributed by atoms with Crippen LogP contribution in [0.3, 0.4) is 0 Å². The Kier molecular flexibility index (Phi) is 4.09. The summed E-state index contributed by atoms with van der Waals surface area (Å²) in [5.41, 5.74) is 6.83. The summed E-state index contributed by atoms with van der Waals surface area (Å²) in [4.78, 5) is 1.10. The smallest absolute Gasteiger partial charge is 0.146 e. The van der Waals surface area contributed by atoms with Crippen LogP contribution < -0.4 is 10.5 Å². The maximum absolute atomic E-state index is 6.07. The molecule has 1 rings (SSSR count). The van der Waals surface area contributed by atoms with Gasteiger partial charge in [0, 0.05) is 5.54 Å². The quantitative estimate of drug-likeness (QED) is 0.867. The van der Waals surface area contributed by atoms with Crippen LogP contribution in [0.1, 0.15) is 19.4 Å². The molecule has 0 aromatic heterocycles. The lowest BCUT2D eigenvalue weighted by atomic mass is 9.96. The van der Waals surface area contributed by atoms with Gasteiger partial charge in [-0.1, -0.05) is 0 Å². The second kappa shape index (κ2) is 4.76. The number of hydrogen-bond donors (Lipinski definition) is 1. The molecule has 15 heavy (non-hydrogen) atoms. The highest BCUT2D eigenvalue weighted by Crippen LogP contribution is 2.38. The van der Waals surface area contributed by atoms with Gasteiger partial charge in [-0.2, -0.15) is 0 Å². The summed E-state index contributed by atoms with van der Waals surface area (Å²) in [6.45, 7) is 3.98. The van der Waals surface area contributed by atoms with E-state index in [1.54, 1.807) is 18.9 Å². The summed E-state index contributed by atoms with van der Waals surface area (Å²) in [5, 5.41) is 0. The first-order valence-corrected chi connectivity index (χ1v) is 6.62. The molecule has 0 unspecified atom stereocenters. The first-order chi connectivity index (χ1) is 6.90. The third-order valence-electron chi connectivity index (χ3n) is 2.18. The molecule has 2 nitrogen and oxygen atoms in total. The third-order valence-corrected chi connectivity index (χ3v) is 3.51. The van der Waals surface area contributed by atoms with Crippen molar-refractivity contribution < 1.29 is 4.74 Å². The standard InChI is InChI=1S/C11H16BrNOS/c1-11(2,13)7-5-8(12)10(14-3)9(6-7)15-4/h5-6H,13H2,1-4H3. The molecule has 1 aromatic rings. The molecule has 1 aromatic carbocycles. The average Bonchev–Trinajstić information content (AvgIpc) is 2.15. The van der Waals surface area contributed by atoms with E-state index in [1.807, 2.05) is 26.2 Å². The summed E-state index contributed by atoms with van der Waals surface area (Å²) in [6.07, 6.45) is 2.03. The van der Waals surface area contributed by atoms with Crippen molar-refractivity contribution in [2.75, 3.05) is 13.4 Å². The number of benzene rings is 1. The first kappa shape index (κ1) is 12.9. The Morgan fingerprint density at radius 1 is 1.40 bits per heavy atom. The average molecular weight is 290 g/mol. The van der Waals surface area contributed by atoms with Crippen molar-refractivity contribution in [3.05, 3.63) is 22.2 Å². The third kappa shape index (κ3) is 2.89. The Morgan fingerprint density at radius 3 is 2.40 bits per heavy atom. The highest BCUT2D eigenvalue weighted by atomic mass is 79.9. The molecule has 0 fully saturated rings. The number of nitrogens with two attached hydrogens (primary N) is 1. The molecule has 0 aliphatic rings.